The number of methoxy groups -OCH3 is 1. The lowest BCUT2D eigenvalue weighted by Crippen LogP contribution is -1.94. The minimum Gasteiger partial charge on any atom is -0.466 e. The van der Waals surface area contributed by atoms with E-state index in [2.05, 4.69) is 44.9 Å². The Morgan fingerprint density at radius 2 is 1.43 bits per heavy atom. The lowest BCUT2D eigenvalue weighted by molar-refractivity contribution is -0.134. The van der Waals surface area contributed by atoms with Crippen LogP contribution in [0.1, 0.15) is 5.56 Å². The SMILES string of the molecule is COC(=O)/C=C/c1c2ccccc2c(Br)c2ccccc12. The highest BCUT2D eigenvalue weighted by Crippen LogP contribution is 2.36. The van der Waals surface area contributed by atoms with Gasteiger partial charge in [-0.2, -0.15) is 0 Å². The third-order valence-corrected chi connectivity index (χ3v) is 4.35. The number of esters is 1. The lowest BCUT2D eigenvalue weighted by atomic mass is 9.96. The number of carbonyl (C=O) groups excluding carboxylic acids is 1. The predicted molar refractivity (Wildman–Crippen MR) is 90.2 cm³/mol. The average molecular weight is 341 g/mol. The third kappa shape index (κ3) is 2.45. The van der Waals surface area contributed by atoms with E-state index in [0.29, 0.717) is 0 Å². The van der Waals surface area contributed by atoms with Gasteiger partial charge in [0.1, 0.15) is 0 Å². The highest BCUT2D eigenvalue weighted by molar-refractivity contribution is 9.10. The van der Waals surface area contributed by atoms with Crippen molar-refractivity contribution >= 4 is 49.5 Å². The monoisotopic (exact) mass is 340 g/mol. The second-order valence-corrected chi connectivity index (χ2v) is 5.47. The Morgan fingerprint density at radius 1 is 0.952 bits per heavy atom. The van der Waals surface area contributed by atoms with Crippen LogP contribution >= 0.6 is 15.9 Å². The van der Waals surface area contributed by atoms with Gasteiger partial charge in [0.15, 0.2) is 0 Å². The van der Waals surface area contributed by atoms with E-state index in [4.69, 9.17) is 0 Å². The zero-order valence-corrected chi connectivity index (χ0v) is 13.1. The van der Waals surface area contributed by atoms with Crippen molar-refractivity contribution in [2.75, 3.05) is 7.11 Å². The van der Waals surface area contributed by atoms with E-state index in [-0.39, 0.29) is 5.97 Å². The smallest absolute Gasteiger partial charge is 0.330 e. The van der Waals surface area contributed by atoms with Crippen molar-refractivity contribution in [3.8, 4) is 0 Å². The largest absolute Gasteiger partial charge is 0.466 e. The molecule has 0 aromatic heterocycles. The fourth-order valence-corrected chi connectivity index (χ4v) is 3.20. The normalized spacial score (nSPS) is 11.3. The molecule has 0 aliphatic rings. The van der Waals surface area contributed by atoms with Gasteiger partial charge in [-0.25, -0.2) is 4.79 Å². The van der Waals surface area contributed by atoms with Crippen LogP contribution in [0.5, 0.6) is 0 Å². The molecule has 0 saturated heterocycles. The topological polar surface area (TPSA) is 26.3 Å². The summed E-state index contributed by atoms with van der Waals surface area (Å²) in [7, 11) is 1.38. The van der Waals surface area contributed by atoms with Crippen LogP contribution in [0.2, 0.25) is 0 Å². The number of benzene rings is 3. The van der Waals surface area contributed by atoms with Gasteiger partial charge in [0, 0.05) is 10.5 Å². The van der Waals surface area contributed by atoms with Gasteiger partial charge in [-0.3, -0.25) is 0 Å². The Hall–Kier alpha value is -2.13. The van der Waals surface area contributed by atoms with Crippen LogP contribution in [-0.2, 0) is 9.53 Å². The standard InChI is InChI=1S/C18H13BrO2/c1-21-17(20)11-10-14-12-6-2-4-8-15(12)18(19)16-9-5-3-7-13(14)16/h2-11H,1H3/b11-10+. The molecular weight excluding hydrogens is 328 g/mol. The van der Waals surface area contributed by atoms with Crippen LogP contribution in [0.4, 0.5) is 0 Å². The maximum absolute atomic E-state index is 11.4. The molecule has 3 aromatic rings. The van der Waals surface area contributed by atoms with Crippen LogP contribution in [0.3, 0.4) is 0 Å². The summed E-state index contributed by atoms with van der Waals surface area (Å²) in [4.78, 5) is 11.4. The summed E-state index contributed by atoms with van der Waals surface area (Å²) in [6.07, 6.45) is 3.28. The molecule has 0 radical (unpaired) electrons. The van der Waals surface area contributed by atoms with E-state index in [9.17, 15) is 4.79 Å². The van der Waals surface area contributed by atoms with Crippen molar-refractivity contribution in [3.05, 3.63) is 64.6 Å². The molecule has 2 nitrogen and oxygen atoms in total. The Bertz CT molecular complexity index is 809. The average Bonchev–Trinajstić information content (AvgIpc) is 2.54. The first kappa shape index (κ1) is 13.8. The summed E-state index contributed by atoms with van der Waals surface area (Å²) in [5, 5.41) is 4.45. The summed E-state index contributed by atoms with van der Waals surface area (Å²) >= 11 is 3.69. The first-order valence-electron chi connectivity index (χ1n) is 6.57. The number of rotatable bonds is 2. The molecule has 0 unspecified atom stereocenters. The molecule has 0 spiro atoms. The molecule has 0 aliphatic heterocycles. The molecule has 0 saturated carbocycles. The second kappa shape index (κ2) is 5.70. The van der Waals surface area contributed by atoms with E-state index in [1.165, 1.54) is 13.2 Å². The molecule has 3 aromatic carbocycles. The van der Waals surface area contributed by atoms with Crippen molar-refractivity contribution in [2.24, 2.45) is 0 Å². The molecule has 3 heteroatoms. The van der Waals surface area contributed by atoms with Crippen LogP contribution in [0.15, 0.2) is 59.1 Å². The maximum Gasteiger partial charge on any atom is 0.330 e. The number of hydrogen-bond donors (Lipinski definition) is 0. The zero-order chi connectivity index (χ0) is 14.8. The zero-order valence-electron chi connectivity index (χ0n) is 11.5. The van der Waals surface area contributed by atoms with Crippen LogP contribution < -0.4 is 0 Å². The molecule has 21 heavy (non-hydrogen) atoms. The fraction of sp³-hybridized carbons (Fsp3) is 0.0556. The quantitative estimate of drug-likeness (QED) is 0.375. The van der Waals surface area contributed by atoms with Crippen molar-refractivity contribution in [1.29, 1.82) is 0 Å². The minimum absolute atomic E-state index is 0.355. The van der Waals surface area contributed by atoms with Gasteiger partial charge in [0.2, 0.25) is 0 Å². The molecule has 0 fully saturated rings. The minimum atomic E-state index is -0.355. The van der Waals surface area contributed by atoms with Crippen molar-refractivity contribution in [1.82, 2.24) is 0 Å². The van der Waals surface area contributed by atoms with E-state index in [1.807, 2.05) is 30.3 Å². The Balaban J connectivity index is 2.40. The highest BCUT2D eigenvalue weighted by Gasteiger charge is 2.10. The molecule has 0 N–H and O–H groups in total. The number of carbonyl (C=O) groups is 1. The van der Waals surface area contributed by atoms with E-state index >= 15 is 0 Å². The molecular formula is C18H13BrO2. The number of halogens is 1. The molecule has 0 atom stereocenters. The summed E-state index contributed by atoms with van der Waals surface area (Å²) in [5.74, 6) is -0.355. The van der Waals surface area contributed by atoms with Gasteiger partial charge in [0.05, 0.1) is 7.11 Å². The van der Waals surface area contributed by atoms with Gasteiger partial charge in [-0.05, 0) is 49.1 Å². The van der Waals surface area contributed by atoms with Crippen LogP contribution in [0.25, 0.3) is 27.6 Å². The number of ether oxygens (including phenoxy) is 1. The molecule has 0 amide bonds. The lowest BCUT2D eigenvalue weighted by Gasteiger charge is -2.11. The van der Waals surface area contributed by atoms with E-state index in [0.717, 1.165) is 31.6 Å². The van der Waals surface area contributed by atoms with Crippen molar-refractivity contribution in [3.63, 3.8) is 0 Å². The molecule has 0 heterocycles. The second-order valence-electron chi connectivity index (χ2n) is 4.68. The Morgan fingerprint density at radius 3 is 1.90 bits per heavy atom. The van der Waals surface area contributed by atoms with Crippen LogP contribution in [0, 0.1) is 0 Å². The van der Waals surface area contributed by atoms with Gasteiger partial charge in [0.25, 0.3) is 0 Å². The predicted octanol–water partition coefficient (Wildman–Crippen LogP) is 4.94. The third-order valence-electron chi connectivity index (χ3n) is 3.49. The summed E-state index contributed by atoms with van der Waals surface area (Å²) in [6, 6.07) is 16.3. The van der Waals surface area contributed by atoms with Gasteiger partial charge in [-0.1, -0.05) is 48.5 Å². The van der Waals surface area contributed by atoms with Gasteiger partial charge in [-0.15, -0.1) is 0 Å². The summed E-state index contributed by atoms with van der Waals surface area (Å²) in [5.41, 5.74) is 1.02. The van der Waals surface area contributed by atoms with E-state index < -0.39 is 0 Å². The number of hydrogen-bond acceptors (Lipinski definition) is 2. The molecule has 104 valence electrons. The molecule has 3 rings (SSSR count). The molecule has 0 aliphatic carbocycles. The summed E-state index contributed by atoms with van der Waals surface area (Å²) in [6.45, 7) is 0. The van der Waals surface area contributed by atoms with Crippen molar-refractivity contribution in [2.45, 2.75) is 0 Å². The van der Waals surface area contributed by atoms with Gasteiger partial charge < -0.3 is 4.74 Å². The maximum atomic E-state index is 11.4. The fourth-order valence-electron chi connectivity index (χ4n) is 2.51. The Labute approximate surface area is 131 Å². The first-order chi connectivity index (χ1) is 10.2. The number of fused-ring (bicyclic) bond motifs is 2. The summed E-state index contributed by atoms with van der Waals surface area (Å²) < 4.78 is 5.76. The van der Waals surface area contributed by atoms with Crippen molar-refractivity contribution < 1.29 is 9.53 Å². The van der Waals surface area contributed by atoms with E-state index in [1.54, 1.807) is 0 Å². The van der Waals surface area contributed by atoms with Crippen LogP contribution in [-0.4, -0.2) is 13.1 Å². The highest BCUT2D eigenvalue weighted by atomic mass is 79.9. The molecule has 0 bridgehead atoms. The Kier molecular flexibility index (Phi) is 3.76. The van der Waals surface area contributed by atoms with Gasteiger partial charge >= 0.3 is 5.97 Å². The first-order valence-corrected chi connectivity index (χ1v) is 7.36.